The summed E-state index contributed by atoms with van der Waals surface area (Å²) in [5, 5.41) is 0. The third-order valence-electron chi connectivity index (χ3n) is 1.39. The molecule has 0 rings (SSSR count). The zero-order valence-corrected chi connectivity index (χ0v) is 7.86. The fourth-order valence-corrected chi connectivity index (χ4v) is 0.943. The van der Waals surface area contributed by atoms with Gasteiger partial charge in [-0.1, -0.05) is 26.2 Å². The third kappa shape index (κ3) is 3.77. The Hall–Kier alpha value is -0.180. The van der Waals surface area contributed by atoms with Gasteiger partial charge in [-0.2, -0.15) is 0 Å². The second kappa shape index (κ2) is 5.59. The lowest BCUT2D eigenvalue weighted by Gasteiger charge is -2.12. The Morgan fingerprint density at radius 1 is 1.60 bits per heavy atom. The van der Waals surface area contributed by atoms with Crippen LogP contribution in [0.4, 0.5) is 0 Å². The number of amidine groups is 1. The summed E-state index contributed by atoms with van der Waals surface area (Å²) in [7, 11) is 3.71. The summed E-state index contributed by atoms with van der Waals surface area (Å²) in [5.41, 5.74) is 0. The molecule has 0 fully saturated rings. The van der Waals surface area contributed by atoms with Crippen LogP contribution in [0.5, 0.6) is 0 Å². The lowest BCUT2D eigenvalue weighted by Crippen LogP contribution is -2.16. The molecule has 0 bridgehead atoms. The molecular formula is C7H16N2S. The van der Waals surface area contributed by atoms with Crippen molar-refractivity contribution in [3.05, 3.63) is 0 Å². The Balaban J connectivity index is 3.63. The van der Waals surface area contributed by atoms with Gasteiger partial charge in [0.1, 0.15) is 5.84 Å². The summed E-state index contributed by atoms with van der Waals surface area (Å²) in [5.74, 6) is 1.06. The van der Waals surface area contributed by atoms with Crippen LogP contribution in [0.25, 0.3) is 0 Å². The van der Waals surface area contributed by atoms with Crippen LogP contribution in [0.15, 0.2) is 4.99 Å². The molecule has 0 N–H and O–H groups in total. The van der Waals surface area contributed by atoms with Crippen molar-refractivity contribution in [2.24, 2.45) is 4.99 Å². The fourth-order valence-electron chi connectivity index (χ4n) is 0.753. The highest BCUT2D eigenvalue weighted by Crippen LogP contribution is 2.01. The summed E-state index contributed by atoms with van der Waals surface area (Å²) >= 11 is 4.15. The van der Waals surface area contributed by atoms with E-state index in [1.165, 1.54) is 12.8 Å². The second-order valence-corrected chi connectivity index (χ2v) is 2.87. The van der Waals surface area contributed by atoms with Gasteiger partial charge >= 0.3 is 0 Å². The average Bonchev–Trinajstić information content (AvgIpc) is 1.89. The van der Waals surface area contributed by atoms with Gasteiger partial charge in [0.05, 0.1) is 0 Å². The van der Waals surface area contributed by atoms with Gasteiger partial charge < -0.3 is 4.31 Å². The van der Waals surface area contributed by atoms with Gasteiger partial charge in [0.15, 0.2) is 0 Å². The molecule has 0 saturated carbocycles. The maximum absolute atomic E-state index is 4.15. The minimum atomic E-state index is 1.03. The Morgan fingerprint density at radius 2 is 2.20 bits per heavy atom. The molecule has 0 aromatic heterocycles. The molecule has 0 amide bonds. The molecule has 0 spiro atoms. The highest BCUT2D eigenvalue weighted by atomic mass is 32.1. The monoisotopic (exact) mass is 160 g/mol. The molecule has 0 radical (unpaired) electrons. The van der Waals surface area contributed by atoms with E-state index in [1.54, 1.807) is 11.4 Å². The summed E-state index contributed by atoms with van der Waals surface area (Å²) < 4.78 is 1.77. The van der Waals surface area contributed by atoms with Crippen LogP contribution < -0.4 is 0 Å². The Morgan fingerprint density at radius 3 is 2.50 bits per heavy atom. The van der Waals surface area contributed by atoms with Gasteiger partial charge in [-0.25, -0.2) is 0 Å². The van der Waals surface area contributed by atoms with Crippen molar-refractivity contribution in [3.8, 4) is 0 Å². The number of unbranched alkanes of at least 4 members (excludes halogenated alkanes) is 1. The number of rotatable bonds is 3. The lowest BCUT2D eigenvalue weighted by molar-refractivity contribution is 0.753. The van der Waals surface area contributed by atoms with Crippen molar-refractivity contribution >= 4 is 18.7 Å². The van der Waals surface area contributed by atoms with Crippen LogP contribution in [-0.4, -0.2) is 24.2 Å². The molecule has 0 aliphatic rings. The van der Waals surface area contributed by atoms with E-state index >= 15 is 0 Å². The van der Waals surface area contributed by atoms with E-state index in [0.717, 1.165) is 12.3 Å². The van der Waals surface area contributed by atoms with Gasteiger partial charge in [0.2, 0.25) is 0 Å². The molecule has 10 heavy (non-hydrogen) atoms. The average molecular weight is 160 g/mol. The number of hydrogen-bond donors (Lipinski definition) is 1. The van der Waals surface area contributed by atoms with Crippen molar-refractivity contribution in [2.45, 2.75) is 26.2 Å². The number of hydrogen-bond acceptors (Lipinski definition) is 2. The van der Waals surface area contributed by atoms with Gasteiger partial charge in [0, 0.05) is 20.5 Å². The van der Waals surface area contributed by atoms with Gasteiger partial charge in [0.25, 0.3) is 0 Å². The number of aliphatic imine (C=N–C) groups is 1. The molecule has 0 aromatic carbocycles. The predicted molar refractivity (Wildman–Crippen MR) is 49.6 cm³/mol. The lowest BCUT2D eigenvalue weighted by atomic mass is 10.2. The van der Waals surface area contributed by atoms with Crippen LogP contribution in [0.2, 0.25) is 0 Å². The van der Waals surface area contributed by atoms with E-state index in [2.05, 4.69) is 24.7 Å². The highest BCUT2D eigenvalue weighted by molar-refractivity contribution is 7.78. The van der Waals surface area contributed by atoms with E-state index in [4.69, 9.17) is 0 Å². The molecule has 0 aliphatic heterocycles. The maximum atomic E-state index is 4.15. The Kier molecular flexibility index (Phi) is 5.49. The zero-order chi connectivity index (χ0) is 7.98. The van der Waals surface area contributed by atoms with Crippen LogP contribution in [0.3, 0.4) is 0 Å². The molecule has 0 atom stereocenters. The molecule has 60 valence electrons. The molecule has 2 nitrogen and oxygen atoms in total. The minimum absolute atomic E-state index is 1.03. The Bertz CT molecular complexity index is 110. The topological polar surface area (TPSA) is 15.6 Å². The Labute approximate surface area is 68.9 Å². The minimum Gasteiger partial charge on any atom is -0.310 e. The van der Waals surface area contributed by atoms with E-state index in [0.29, 0.717) is 0 Å². The first kappa shape index (κ1) is 9.82. The predicted octanol–water partition coefficient (Wildman–Crippen LogP) is 1.98. The second-order valence-electron chi connectivity index (χ2n) is 2.27. The van der Waals surface area contributed by atoms with Crippen LogP contribution in [-0.2, 0) is 0 Å². The van der Waals surface area contributed by atoms with Gasteiger partial charge in [-0.05, 0) is 6.42 Å². The highest BCUT2D eigenvalue weighted by Gasteiger charge is 1.98. The SMILES string of the molecule is CCCCC(=NC)N(C)S. The molecule has 0 aromatic rings. The van der Waals surface area contributed by atoms with E-state index in [9.17, 15) is 0 Å². The zero-order valence-electron chi connectivity index (χ0n) is 6.96. The maximum Gasteiger partial charge on any atom is 0.108 e. The van der Waals surface area contributed by atoms with Gasteiger partial charge in [-0.3, -0.25) is 4.99 Å². The van der Waals surface area contributed by atoms with E-state index < -0.39 is 0 Å². The summed E-state index contributed by atoms with van der Waals surface area (Å²) in [6.45, 7) is 2.17. The summed E-state index contributed by atoms with van der Waals surface area (Å²) in [6, 6.07) is 0. The molecule has 0 aliphatic carbocycles. The standard InChI is InChI=1S/C7H16N2S/c1-4-5-6-7(8-2)9(3)10/h10H,4-6H2,1-3H3. The van der Waals surface area contributed by atoms with Gasteiger partial charge in [-0.15, -0.1) is 0 Å². The largest absolute Gasteiger partial charge is 0.310 e. The normalized spacial score (nSPS) is 11.8. The third-order valence-corrected chi connectivity index (χ3v) is 1.62. The first-order chi connectivity index (χ1) is 4.72. The molecular weight excluding hydrogens is 144 g/mol. The van der Waals surface area contributed by atoms with Crippen molar-refractivity contribution < 1.29 is 0 Å². The van der Waals surface area contributed by atoms with Crippen molar-refractivity contribution in [1.29, 1.82) is 0 Å². The number of nitrogens with zero attached hydrogens (tertiary/aromatic N) is 2. The van der Waals surface area contributed by atoms with Crippen LogP contribution in [0, 0.1) is 0 Å². The smallest absolute Gasteiger partial charge is 0.108 e. The van der Waals surface area contributed by atoms with Crippen molar-refractivity contribution in [3.63, 3.8) is 0 Å². The molecule has 0 heterocycles. The summed E-state index contributed by atoms with van der Waals surface area (Å²) in [6.07, 6.45) is 3.44. The fraction of sp³-hybridized carbons (Fsp3) is 0.857. The van der Waals surface area contributed by atoms with E-state index in [1.807, 2.05) is 7.05 Å². The van der Waals surface area contributed by atoms with Crippen LogP contribution >= 0.6 is 12.8 Å². The first-order valence-electron chi connectivity index (χ1n) is 3.60. The molecule has 0 unspecified atom stereocenters. The first-order valence-corrected chi connectivity index (χ1v) is 4.00. The molecule has 3 heteroatoms. The van der Waals surface area contributed by atoms with E-state index in [-0.39, 0.29) is 0 Å². The molecule has 0 saturated heterocycles. The quantitative estimate of drug-likeness (QED) is 0.379. The number of thiol groups is 1. The van der Waals surface area contributed by atoms with Crippen molar-refractivity contribution in [2.75, 3.05) is 14.1 Å². The van der Waals surface area contributed by atoms with Crippen molar-refractivity contribution in [1.82, 2.24) is 4.31 Å². The summed E-state index contributed by atoms with van der Waals surface area (Å²) in [4.78, 5) is 4.09. The van der Waals surface area contributed by atoms with Crippen LogP contribution in [0.1, 0.15) is 26.2 Å².